The van der Waals surface area contributed by atoms with Gasteiger partial charge in [0.15, 0.2) is 11.6 Å². The topological polar surface area (TPSA) is 101 Å². The normalized spacial score (nSPS) is 17.6. The fraction of sp³-hybridized carbons (Fsp3) is 0.625. The second-order valence-electron chi connectivity index (χ2n) is 6.28. The lowest BCUT2D eigenvalue weighted by molar-refractivity contribution is -0.122. The molecule has 2 aromatic rings. The van der Waals surface area contributed by atoms with E-state index in [2.05, 4.69) is 30.4 Å². The molecule has 2 aromatic heterocycles. The monoisotopic (exact) mass is 348 g/mol. The Labute approximate surface area is 146 Å². The largest absolute Gasteiger partial charge is 0.360 e. The molecule has 1 amide bonds. The number of aromatic nitrogens is 3. The van der Waals surface area contributed by atoms with E-state index in [0.29, 0.717) is 29.8 Å². The fourth-order valence-electron chi connectivity index (χ4n) is 3.08. The molecule has 9 heteroatoms. The van der Waals surface area contributed by atoms with Gasteiger partial charge in [0.25, 0.3) is 0 Å². The minimum atomic E-state index is -0.174. The van der Waals surface area contributed by atoms with Crippen LogP contribution in [0.4, 0.5) is 5.82 Å². The quantitative estimate of drug-likeness (QED) is 0.831. The third-order valence-corrected chi connectivity index (χ3v) is 4.35. The Morgan fingerprint density at radius 3 is 2.56 bits per heavy atom. The van der Waals surface area contributed by atoms with Crippen molar-refractivity contribution in [1.29, 1.82) is 0 Å². The maximum Gasteiger partial charge on any atom is 0.242 e. The Morgan fingerprint density at radius 2 is 2.00 bits per heavy atom. The average Bonchev–Trinajstić information content (AvgIpc) is 3.18. The molecule has 0 bridgehead atoms. The first-order valence-corrected chi connectivity index (χ1v) is 8.55. The third kappa shape index (κ3) is 4.43. The van der Waals surface area contributed by atoms with Crippen molar-refractivity contribution in [2.45, 2.75) is 39.8 Å². The highest BCUT2D eigenvalue weighted by atomic mass is 16.5. The average molecular weight is 348 g/mol. The van der Waals surface area contributed by atoms with Crippen LogP contribution in [0, 0.1) is 13.8 Å². The molecule has 0 aliphatic carbocycles. The van der Waals surface area contributed by atoms with Crippen LogP contribution in [-0.2, 0) is 11.3 Å². The molecule has 1 aliphatic heterocycles. The van der Waals surface area contributed by atoms with Crippen LogP contribution in [0.3, 0.4) is 0 Å². The van der Waals surface area contributed by atoms with Crippen molar-refractivity contribution in [2.24, 2.45) is 0 Å². The van der Waals surface area contributed by atoms with Gasteiger partial charge in [0, 0.05) is 39.2 Å². The van der Waals surface area contributed by atoms with Gasteiger partial charge in [0.1, 0.15) is 5.76 Å². The molecular weight excluding hydrogens is 324 g/mol. The predicted molar refractivity (Wildman–Crippen MR) is 89.8 cm³/mol. The lowest BCUT2D eigenvalue weighted by atomic mass is 10.1. The molecule has 9 nitrogen and oxygen atoms in total. The smallest absolute Gasteiger partial charge is 0.242 e. The Balaban J connectivity index is 1.51. The number of carbonyl (C=O) groups excluding carboxylic acids is 1. The summed E-state index contributed by atoms with van der Waals surface area (Å²) in [6.45, 7) is 9.64. The number of piperazine rings is 1. The van der Waals surface area contributed by atoms with Gasteiger partial charge in [0.05, 0.1) is 12.6 Å². The molecule has 0 spiro atoms. The van der Waals surface area contributed by atoms with E-state index in [1.54, 1.807) is 19.9 Å². The second-order valence-corrected chi connectivity index (χ2v) is 6.28. The van der Waals surface area contributed by atoms with Gasteiger partial charge >= 0.3 is 0 Å². The van der Waals surface area contributed by atoms with Crippen LogP contribution in [0.25, 0.3) is 0 Å². The fourth-order valence-corrected chi connectivity index (χ4v) is 3.08. The summed E-state index contributed by atoms with van der Waals surface area (Å²) in [7, 11) is 0. The van der Waals surface area contributed by atoms with Crippen LogP contribution >= 0.6 is 0 Å². The minimum Gasteiger partial charge on any atom is -0.360 e. The maximum atomic E-state index is 12.5. The molecule has 1 atom stereocenters. The lowest BCUT2D eigenvalue weighted by Gasteiger charge is -2.37. The van der Waals surface area contributed by atoms with E-state index in [9.17, 15) is 4.79 Å². The summed E-state index contributed by atoms with van der Waals surface area (Å²) in [6.07, 6.45) is 0.743. The second kappa shape index (κ2) is 7.75. The summed E-state index contributed by atoms with van der Waals surface area (Å²) in [5.74, 6) is 2.38. The van der Waals surface area contributed by atoms with Gasteiger partial charge in [-0.25, -0.2) is 0 Å². The molecular formula is C16H24N6O3. The summed E-state index contributed by atoms with van der Waals surface area (Å²) >= 11 is 0. The van der Waals surface area contributed by atoms with E-state index < -0.39 is 0 Å². The van der Waals surface area contributed by atoms with E-state index in [4.69, 9.17) is 9.05 Å². The number of nitrogens with zero attached hydrogens (tertiary/aromatic N) is 5. The summed E-state index contributed by atoms with van der Waals surface area (Å²) < 4.78 is 10.00. The maximum absolute atomic E-state index is 12.5. The molecule has 1 aliphatic rings. The van der Waals surface area contributed by atoms with Crippen LogP contribution in [0.5, 0.6) is 0 Å². The van der Waals surface area contributed by atoms with Crippen LogP contribution in [0.1, 0.15) is 30.8 Å². The zero-order valence-electron chi connectivity index (χ0n) is 14.9. The number of anilines is 1. The van der Waals surface area contributed by atoms with E-state index in [1.807, 2.05) is 6.92 Å². The van der Waals surface area contributed by atoms with Crippen LogP contribution in [0.2, 0.25) is 0 Å². The van der Waals surface area contributed by atoms with Gasteiger partial charge in [-0.1, -0.05) is 17.2 Å². The number of hydrogen-bond donors (Lipinski definition) is 1. The summed E-state index contributed by atoms with van der Waals surface area (Å²) in [4.78, 5) is 21.3. The van der Waals surface area contributed by atoms with E-state index in [-0.39, 0.29) is 11.9 Å². The molecule has 0 radical (unpaired) electrons. The van der Waals surface area contributed by atoms with Gasteiger partial charge in [-0.2, -0.15) is 4.98 Å². The van der Waals surface area contributed by atoms with Crippen LogP contribution in [-0.4, -0.2) is 63.2 Å². The molecule has 136 valence electrons. The number of hydrogen-bond acceptors (Lipinski definition) is 8. The number of amides is 1. The van der Waals surface area contributed by atoms with Crippen LogP contribution < -0.4 is 5.32 Å². The van der Waals surface area contributed by atoms with Gasteiger partial charge in [-0.15, -0.1) is 0 Å². The number of nitrogens with one attached hydrogen (secondary N) is 1. The highest BCUT2D eigenvalue weighted by molar-refractivity contribution is 5.94. The predicted octanol–water partition coefficient (Wildman–Crippen LogP) is 1.21. The first-order valence-electron chi connectivity index (χ1n) is 8.55. The Bertz CT molecular complexity index is 704. The van der Waals surface area contributed by atoms with E-state index >= 15 is 0 Å². The zero-order chi connectivity index (χ0) is 17.8. The minimum absolute atomic E-state index is 0.0435. The van der Waals surface area contributed by atoms with Crippen molar-refractivity contribution in [3.05, 3.63) is 23.5 Å². The van der Waals surface area contributed by atoms with E-state index in [0.717, 1.165) is 32.6 Å². The van der Waals surface area contributed by atoms with Crippen molar-refractivity contribution in [2.75, 3.05) is 31.5 Å². The Morgan fingerprint density at radius 1 is 1.24 bits per heavy atom. The Hall–Kier alpha value is -2.26. The zero-order valence-corrected chi connectivity index (χ0v) is 14.9. The molecule has 3 heterocycles. The molecule has 1 unspecified atom stereocenters. The van der Waals surface area contributed by atoms with Gasteiger partial charge in [-0.3, -0.25) is 14.6 Å². The van der Waals surface area contributed by atoms with Crippen molar-refractivity contribution in [3.63, 3.8) is 0 Å². The summed E-state index contributed by atoms with van der Waals surface area (Å²) in [5, 5.41) is 10.6. The first-order chi connectivity index (χ1) is 12.0. The molecule has 1 fully saturated rings. The van der Waals surface area contributed by atoms with Crippen molar-refractivity contribution < 1.29 is 13.8 Å². The SMILES string of the molecule is CCC(C(=O)Nc1cc(C)on1)N1CCN(Cc2noc(C)n2)CC1. The Kier molecular flexibility index (Phi) is 5.44. The van der Waals surface area contributed by atoms with Crippen molar-refractivity contribution in [1.82, 2.24) is 25.1 Å². The van der Waals surface area contributed by atoms with Gasteiger partial charge in [-0.05, 0) is 13.3 Å². The molecule has 1 N–H and O–H groups in total. The van der Waals surface area contributed by atoms with Crippen molar-refractivity contribution in [3.8, 4) is 0 Å². The van der Waals surface area contributed by atoms with Gasteiger partial charge < -0.3 is 14.4 Å². The van der Waals surface area contributed by atoms with Crippen molar-refractivity contribution >= 4 is 11.7 Å². The standard InChI is InChI=1S/C16H24N6O3/c1-4-13(16(23)18-14-9-11(2)24-19-14)22-7-5-21(6-8-22)10-15-17-12(3)25-20-15/h9,13H,4-8,10H2,1-3H3,(H,18,19,23). The van der Waals surface area contributed by atoms with E-state index in [1.165, 1.54) is 0 Å². The third-order valence-electron chi connectivity index (χ3n) is 4.35. The molecule has 0 aromatic carbocycles. The van der Waals surface area contributed by atoms with Gasteiger partial charge in [0.2, 0.25) is 11.8 Å². The number of aryl methyl sites for hydroxylation is 2. The summed E-state index contributed by atoms with van der Waals surface area (Å²) in [6, 6.07) is 1.54. The molecule has 0 saturated carbocycles. The highest BCUT2D eigenvalue weighted by Crippen LogP contribution is 2.14. The molecule has 1 saturated heterocycles. The highest BCUT2D eigenvalue weighted by Gasteiger charge is 2.28. The number of rotatable bonds is 6. The number of carbonyl (C=O) groups is 1. The molecule has 3 rings (SSSR count). The lowest BCUT2D eigenvalue weighted by Crippen LogP contribution is -2.53. The van der Waals surface area contributed by atoms with Crippen LogP contribution in [0.15, 0.2) is 15.1 Å². The first kappa shape index (κ1) is 17.6. The summed E-state index contributed by atoms with van der Waals surface area (Å²) in [5.41, 5.74) is 0. The molecule has 25 heavy (non-hydrogen) atoms.